The molecule has 10 nitrogen and oxygen atoms in total. The van der Waals surface area contributed by atoms with Crippen LogP contribution in [0.3, 0.4) is 0 Å². The second kappa shape index (κ2) is 14.4. The van der Waals surface area contributed by atoms with Gasteiger partial charge in [-0.15, -0.1) is 0 Å². The standard InChI is InChI=1S/C30H37N5O5S/c1-20(2)16-23-18-22(19-24(29(23)36)17-21(3)4)6-5-15-32-30(37)33-25-7-9-26(10-8-25)40-27-11-13-28(14-12-27)41(38,39)35-34-31/h7-14,18-21,36H,5-6,15-17H2,1-4H3,(H2,32,33,37). The number of sulfonamides is 1. The number of amides is 2. The third-order valence-electron chi connectivity index (χ3n) is 6.13. The summed E-state index contributed by atoms with van der Waals surface area (Å²) >= 11 is 0. The summed E-state index contributed by atoms with van der Waals surface area (Å²) in [5, 5.41) is 16.4. The minimum atomic E-state index is -4.06. The number of hydrogen-bond acceptors (Lipinski definition) is 5. The minimum absolute atomic E-state index is 0.136. The maximum Gasteiger partial charge on any atom is 0.319 e. The van der Waals surface area contributed by atoms with Gasteiger partial charge >= 0.3 is 6.03 Å². The molecule has 0 aliphatic rings. The van der Waals surface area contributed by atoms with Crippen LogP contribution in [0.2, 0.25) is 0 Å². The molecule has 3 N–H and O–H groups in total. The molecule has 0 radical (unpaired) electrons. The molecular weight excluding hydrogens is 542 g/mol. The Morgan fingerprint density at radius 1 is 0.951 bits per heavy atom. The molecule has 0 bridgehead atoms. The number of azide groups is 1. The number of carbonyl (C=O) groups is 1. The average molecular weight is 580 g/mol. The predicted molar refractivity (Wildman–Crippen MR) is 160 cm³/mol. The van der Waals surface area contributed by atoms with Gasteiger partial charge in [0.1, 0.15) is 17.2 Å². The number of phenols is 1. The quantitative estimate of drug-likeness (QED) is 0.0837. The highest BCUT2D eigenvalue weighted by molar-refractivity contribution is 7.90. The van der Waals surface area contributed by atoms with Crippen molar-refractivity contribution in [3.8, 4) is 17.2 Å². The molecule has 0 fully saturated rings. The Labute approximate surface area is 241 Å². The third kappa shape index (κ3) is 9.73. The van der Waals surface area contributed by atoms with Gasteiger partial charge in [0.15, 0.2) is 0 Å². The number of phenolic OH excluding ortho intramolecular Hbond substituents is 1. The SMILES string of the molecule is CC(C)Cc1cc(CCCNC(=O)Nc2ccc(Oc3ccc(S(=O)(=O)N=[N+]=[N-])cc3)cc2)cc(CC(C)C)c1O. The summed E-state index contributed by atoms with van der Waals surface area (Å²) in [6.07, 6.45) is 3.20. The van der Waals surface area contributed by atoms with Gasteiger partial charge in [-0.1, -0.05) is 39.8 Å². The molecule has 0 saturated carbocycles. The van der Waals surface area contributed by atoms with Crippen molar-refractivity contribution < 1.29 is 23.1 Å². The van der Waals surface area contributed by atoms with Crippen LogP contribution < -0.4 is 15.4 Å². The molecule has 2 amide bonds. The van der Waals surface area contributed by atoms with Gasteiger partial charge in [-0.05, 0) is 108 Å². The van der Waals surface area contributed by atoms with Crippen LogP contribution in [0.25, 0.3) is 10.4 Å². The first kappa shape index (κ1) is 31.3. The van der Waals surface area contributed by atoms with E-state index in [-0.39, 0.29) is 10.9 Å². The minimum Gasteiger partial charge on any atom is -0.507 e. The van der Waals surface area contributed by atoms with Gasteiger partial charge in [-0.3, -0.25) is 0 Å². The number of carbonyl (C=O) groups excluding carboxylic acids is 1. The Morgan fingerprint density at radius 3 is 2.00 bits per heavy atom. The van der Waals surface area contributed by atoms with Crippen LogP contribution in [-0.4, -0.2) is 26.1 Å². The summed E-state index contributed by atoms with van der Waals surface area (Å²) in [5.41, 5.74) is 12.1. The second-order valence-electron chi connectivity index (χ2n) is 10.7. The topological polar surface area (TPSA) is 153 Å². The maximum absolute atomic E-state index is 12.4. The first-order valence-corrected chi connectivity index (χ1v) is 15.0. The summed E-state index contributed by atoms with van der Waals surface area (Å²) in [7, 11) is -4.06. The highest BCUT2D eigenvalue weighted by Gasteiger charge is 2.14. The molecule has 0 aliphatic heterocycles. The van der Waals surface area contributed by atoms with Crippen molar-refractivity contribution in [1.82, 2.24) is 5.32 Å². The molecule has 3 aromatic rings. The molecule has 218 valence electrons. The van der Waals surface area contributed by atoms with E-state index in [0.717, 1.165) is 36.8 Å². The largest absolute Gasteiger partial charge is 0.507 e. The average Bonchev–Trinajstić information content (AvgIpc) is 2.90. The Bertz CT molecular complexity index is 1450. The van der Waals surface area contributed by atoms with E-state index < -0.39 is 10.0 Å². The summed E-state index contributed by atoms with van der Waals surface area (Å²) < 4.78 is 32.0. The molecule has 3 aromatic carbocycles. The lowest BCUT2D eigenvalue weighted by molar-refractivity contribution is 0.252. The number of nitrogens with one attached hydrogen (secondary N) is 2. The van der Waals surface area contributed by atoms with Crippen molar-refractivity contribution in [2.75, 3.05) is 11.9 Å². The lowest BCUT2D eigenvalue weighted by Crippen LogP contribution is -2.29. The van der Waals surface area contributed by atoms with E-state index in [2.05, 4.69) is 59.9 Å². The Morgan fingerprint density at radius 2 is 1.49 bits per heavy atom. The van der Waals surface area contributed by atoms with E-state index in [1.807, 2.05) is 0 Å². The zero-order valence-corrected chi connectivity index (χ0v) is 24.6. The van der Waals surface area contributed by atoms with Crippen LogP contribution >= 0.6 is 0 Å². The maximum atomic E-state index is 12.4. The fourth-order valence-electron chi connectivity index (χ4n) is 4.35. The van der Waals surface area contributed by atoms with Crippen LogP contribution in [0.15, 0.2) is 70.1 Å². The van der Waals surface area contributed by atoms with Crippen LogP contribution in [0.4, 0.5) is 10.5 Å². The van der Waals surface area contributed by atoms with E-state index in [4.69, 9.17) is 10.3 Å². The molecular formula is C30H37N5O5S. The zero-order chi connectivity index (χ0) is 30.0. The van der Waals surface area contributed by atoms with Crippen molar-refractivity contribution in [3.05, 3.63) is 87.8 Å². The molecule has 3 rings (SSSR count). The number of benzene rings is 3. The molecule has 0 aliphatic carbocycles. The van der Waals surface area contributed by atoms with Crippen molar-refractivity contribution in [1.29, 1.82) is 0 Å². The first-order valence-electron chi connectivity index (χ1n) is 13.5. The number of urea groups is 1. The summed E-state index contributed by atoms with van der Waals surface area (Å²) in [6.45, 7) is 9.06. The van der Waals surface area contributed by atoms with E-state index >= 15 is 0 Å². The van der Waals surface area contributed by atoms with Crippen LogP contribution in [-0.2, 0) is 29.3 Å². The van der Waals surface area contributed by atoms with Gasteiger partial charge < -0.3 is 20.5 Å². The summed E-state index contributed by atoms with van der Waals surface area (Å²) in [6, 6.07) is 16.1. The number of nitrogens with zero attached hydrogens (tertiary/aromatic N) is 3. The molecule has 0 saturated heterocycles. The number of anilines is 1. The van der Waals surface area contributed by atoms with Crippen molar-refractivity contribution in [3.63, 3.8) is 0 Å². The number of hydrogen-bond donors (Lipinski definition) is 3. The lowest BCUT2D eigenvalue weighted by atomic mass is 9.92. The van der Waals surface area contributed by atoms with E-state index in [9.17, 15) is 18.3 Å². The van der Waals surface area contributed by atoms with E-state index in [1.165, 1.54) is 29.8 Å². The molecule has 0 spiro atoms. The van der Waals surface area contributed by atoms with Gasteiger partial charge in [0.2, 0.25) is 0 Å². The molecule has 0 aromatic heterocycles. The Kier molecular flexibility index (Phi) is 11.0. The van der Waals surface area contributed by atoms with Gasteiger partial charge in [-0.25, -0.2) is 13.2 Å². The first-order chi connectivity index (χ1) is 19.5. The van der Waals surface area contributed by atoms with Gasteiger partial charge in [-0.2, -0.15) is 0 Å². The van der Waals surface area contributed by atoms with Gasteiger partial charge in [0, 0.05) is 21.7 Å². The van der Waals surface area contributed by atoms with Crippen molar-refractivity contribution >= 4 is 21.7 Å². The molecule has 11 heteroatoms. The summed E-state index contributed by atoms with van der Waals surface area (Å²) in [5.74, 6) is 2.19. The van der Waals surface area contributed by atoms with Crippen LogP contribution in [0, 0.1) is 11.8 Å². The number of aromatic hydroxyl groups is 1. The van der Waals surface area contributed by atoms with Gasteiger partial charge in [0.05, 0.1) is 4.90 Å². The molecule has 41 heavy (non-hydrogen) atoms. The molecule has 0 atom stereocenters. The number of aryl methyl sites for hydroxylation is 1. The number of rotatable bonds is 13. The fourth-order valence-corrected chi connectivity index (χ4v) is 5.02. The second-order valence-corrected chi connectivity index (χ2v) is 12.3. The van der Waals surface area contributed by atoms with Crippen LogP contribution in [0.5, 0.6) is 17.2 Å². The predicted octanol–water partition coefficient (Wildman–Crippen LogP) is 7.33. The van der Waals surface area contributed by atoms with E-state index in [1.54, 1.807) is 24.3 Å². The lowest BCUT2D eigenvalue weighted by Gasteiger charge is -2.16. The normalized spacial score (nSPS) is 11.3. The highest BCUT2D eigenvalue weighted by Crippen LogP contribution is 2.30. The van der Waals surface area contributed by atoms with Crippen molar-refractivity contribution in [2.24, 2.45) is 16.4 Å². The Hall–Kier alpha value is -4.21. The fraction of sp³-hybridized carbons (Fsp3) is 0.367. The third-order valence-corrected chi connectivity index (χ3v) is 7.28. The summed E-state index contributed by atoms with van der Waals surface area (Å²) in [4.78, 5) is 14.6. The highest BCUT2D eigenvalue weighted by atomic mass is 32.2. The zero-order valence-electron chi connectivity index (χ0n) is 23.8. The van der Waals surface area contributed by atoms with Gasteiger partial charge in [0.25, 0.3) is 10.0 Å². The smallest absolute Gasteiger partial charge is 0.319 e. The molecule has 0 heterocycles. The van der Waals surface area contributed by atoms with Crippen molar-refractivity contribution in [2.45, 2.75) is 58.3 Å². The Balaban J connectivity index is 1.49. The monoisotopic (exact) mass is 579 g/mol. The molecule has 0 unspecified atom stereocenters. The van der Waals surface area contributed by atoms with Crippen LogP contribution in [0.1, 0.15) is 50.8 Å². The van der Waals surface area contributed by atoms with E-state index in [0.29, 0.717) is 41.3 Å². The number of ether oxygens (including phenoxy) is 1.